The molecule has 1 saturated heterocycles. The van der Waals surface area contributed by atoms with E-state index in [1.165, 1.54) is 0 Å². The number of anilines is 2. The number of alkyl halides is 1. The van der Waals surface area contributed by atoms with Gasteiger partial charge in [0.15, 0.2) is 0 Å². The van der Waals surface area contributed by atoms with Crippen molar-refractivity contribution in [2.75, 3.05) is 16.0 Å². The van der Waals surface area contributed by atoms with Crippen LogP contribution in [0.2, 0.25) is 0 Å². The van der Waals surface area contributed by atoms with Crippen LogP contribution in [-0.2, 0) is 9.59 Å². The molecule has 1 aliphatic heterocycles. The summed E-state index contributed by atoms with van der Waals surface area (Å²) in [4.78, 5) is 27.1. The lowest BCUT2D eigenvalue weighted by Crippen LogP contribution is -2.28. The average Bonchev–Trinajstić information content (AvgIpc) is 3.15. The van der Waals surface area contributed by atoms with Gasteiger partial charge in [-0.15, -0.1) is 23.4 Å². The Kier molecular flexibility index (Phi) is 6.11. The van der Waals surface area contributed by atoms with Crippen molar-refractivity contribution in [2.45, 2.75) is 17.7 Å². The topological polar surface area (TPSA) is 49.4 Å². The van der Waals surface area contributed by atoms with Crippen molar-refractivity contribution in [1.29, 1.82) is 0 Å². The Morgan fingerprint density at radius 1 is 1.07 bits per heavy atom. The number of halogens is 1. The lowest BCUT2D eigenvalue weighted by molar-refractivity contribution is -0.116. The highest BCUT2D eigenvalue weighted by molar-refractivity contribution is 8.00. The molecule has 1 fully saturated rings. The molecular formula is C24H21ClN2O2S. The van der Waals surface area contributed by atoms with Crippen LogP contribution < -0.4 is 10.2 Å². The van der Waals surface area contributed by atoms with Crippen molar-refractivity contribution >= 4 is 46.6 Å². The molecule has 1 heterocycles. The molecule has 0 unspecified atom stereocenters. The Morgan fingerprint density at radius 3 is 2.57 bits per heavy atom. The van der Waals surface area contributed by atoms with Crippen LogP contribution in [0.3, 0.4) is 0 Å². The first-order valence-corrected chi connectivity index (χ1v) is 11.1. The molecule has 1 aliphatic rings. The smallest absolute Gasteiger partial charge is 0.246 e. The highest BCUT2D eigenvalue weighted by Crippen LogP contribution is 2.43. The number of thioether (sulfide) groups is 1. The van der Waals surface area contributed by atoms with Gasteiger partial charge in [-0.3, -0.25) is 14.5 Å². The Morgan fingerprint density at radius 2 is 1.80 bits per heavy atom. The normalized spacial score (nSPS) is 17.1. The maximum atomic E-state index is 12.6. The monoisotopic (exact) mass is 436 g/mol. The van der Waals surface area contributed by atoms with Crippen LogP contribution in [-0.4, -0.2) is 17.6 Å². The zero-order valence-corrected chi connectivity index (χ0v) is 18.0. The summed E-state index contributed by atoms with van der Waals surface area (Å²) < 4.78 is 0. The molecule has 4 nitrogen and oxygen atoms in total. The average molecular weight is 437 g/mol. The summed E-state index contributed by atoms with van der Waals surface area (Å²) in [6.07, 6.45) is 0. The van der Waals surface area contributed by atoms with E-state index in [2.05, 4.69) is 5.32 Å². The molecule has 0 saturated carbocycles. The lowest BCUT2D eigenvalue weighted by atomic mass is 10.1. The molecule has 0 aliphatic carbocycles. The van der Waals surface area contributed by atoms with Gasteiger partial charge in [-0.25, -0.2) is 0 Å². The van der Waals surface area contributed by atoms with E-state index in [-0.39, 0.29) is 17.2 Å². The lowest BCUT2D eigenvalue weighted by Gasteiger charge is -2.26. The van der Waals surface area contributed by atoms with Gasteiger partial charge in [-0.1, -0.05) is 60.7 Å². The Balaban J connectivity index is 1.56. The molecule has 2 amide bonds. The van der Waals surface area contributed by atoms with Gasteiger partial charge in [0.2, 0.25) is 11.8 Å². The fourth-order valence-corrected chi connectivity index (χ4v) is 4.87. The van der Waals surface area contributed by atoms with Gasteiger partial charge in [0, 0.05) is 11.4 Å². The minimum absolute atomic E-state index is 0.0821. The first-order valence-electron chi connectivity index (χ1n) is 9.64. The van der Waals surface area contributed by atoms with Crippen LogP contribution in [0, 0.1) is 6.92 Å². The van der Waals surface area contributed by atoms with E-state index in [1.807, 2.05) is 90.7 Å². The van der Waals surface area contributed by atoms with Gasteiger partial charge in [0.05, 0.1) is 5.75 Å². The predicted molar refractivity (Wildman–Crippen MR) is 124 cm³/mol. The number of rotatable bonds is 5. The Labute approximate surface area is 185 Å². The fraction of sp³-hybridized carbons (Fsp3) is 0.167. The zero-order valence-electron chi connectivity index (χ0n) is 16.4. The van der Waals surface area contributed by atoms with Crippen molar-refractivity contribution in [3.63, 3.8) is 0 Å². The molecule has 0 aromatic heterocycles. The van der Waals surface area contributed by atoms with Crippen molar-refractivity contribution < 1.29 is 9.59 Å². The maximum Gasteiger partial charge on any atom is 0.246 e. The first kappa shape index (κ1) is 20.5. The standard InChI is InChI=1S/C24H21ClN2O2S/c1-16-8-5-6-13-20(16)27-21(28)15-30-24(27)18-11-7-12-19(14-18)26-23(29)22(25)17-9-3-2-4-10-17/h2-14,22,24H,15H2,1H3,(H,26,29)/t22-,24+/m1/s1. The number of hydrogen-bond acceptors (Lipinski definition) is 3. The van der Waals surface area contributed by atoms with E-state index >= 15 is 0 Å². The van der Waals surface area contributed by atoms with Crippen molar-refractivity contribution in [2.24, 2.45) is 0 Å². The summed E-state index contributed by atoms with van der Waals surface area (Å²) >= 11 is 7.93. The van der Waals surface area contributed by atoms with Crippen LogP contribution in [0.15, 0.2) is 78.9 Å². The number of para-hydroxylation sites is 1. The molecule has 6 heteroatoms. The molecule has 0 bridgehead atoms. The van der Waals surface area contributed by atoms with Crippen LogP contribution in [0.25, 0.3) is 0 Å². The van der Waals surface area contributed by atoms with E-state index in [0.29, 0.717) is 11.4 Å². The summed E-state index contributed by atoms with van der Waals surface area (Å²) in [5.74, 6) is 0.220. The van der Waals surface area contributed by atoms with Gasteiger partial charge in [0.1, 0.15) is 10.8 Å². The number of benzene rings is 3. The van der Waals surface area contributed by atoms with E-state index in [9.17, 15) is 9.59 Å². The second-order valence-electron chi connectivity index (χ2n) is 7.10. The third-order valence-corrected chi connectivity index (χ3v) is 6.67. The summed E-state index contributed by atoms with van der Waals surface area (Å²) in [6, 6.07) is 24.7. The minimum Gasteiger partial charge on any atom is -0.324 e. The second-order valence-corrected chi connectivity index (χ2v) is 8.61. The molecular weight excluding hydrogens is 416 g/mol. The van der Waals surface area contributed by atoms with E-state index in [1.54, 1.807) is 11.8 Å². The van der Waals surface area contributed by atoms with Gasteiger partial charge >= 0.3 is 0 Å². The molecule has 4 rings (SSSR count). The highest BCUT2D eigenvalue weighted by atomic mass is 35.5. The summed E-state index contributed by atoms with van der Waals surface area (Å²) in [5.41, 5.74) is 4.32. The molecule has 152 valence electrons. The number of amides is 2. The molecule has 1 N–H and O–H groups in total. The van der Waals surface area contributed by atoms with Crippen molar-refractivity contribution in [3.05, 3.63) is 95.6 Å². The summed E-state index contributed by atoms with van der Waals surface area (Å²) in [7, 11) is 0. The number of hydrogen-bond donors (Lipinski definition) is 1. The van der Waals surface area contributed by atoms with E-state index in [0.717, 1.165) is 22.4 Å². The number of nitrogens with one attached hydrogen (secondary N) is 1. The van der Waals surface area contributed by atoms with Gasteiger partial charge in [-0.2, -0.15) is 0 Å². The van der Waals surface area contributed by atoms with Gasteiger partial charge < -0.3 is 5.32 Å². The second kappa shape index (κ2) is 8.94. The fourth-order valence-electron chi connectivity index (χ4n) is 3.51. The highest BCUT2D eigenvalue weighted by Gasteiger charge is 2.34. The van der Waals surface area contributed by atoms with Crippen LogP contribution in [0.4, 0.5) is 11.4 Å². The molecule has 0 spiro atoms. The molecule has 3 aromatic carbocycles. The minimum atomic E-state index is -0.777. The quantitative estimate of drug-likeness (QED) is 0.522. The third-order valence-electron chi connectivity index (χ3n) is 5.00. The largest absolute Gasteiger partial charge is 0.324 e. The predicted octanol–water partition coefficient (Wildman–Crippen LogP) is 5.69. The van der Waals surface area contributed by atoms with Gasteiger partial charge in [0.25, 0.3) is 0 Å². The Hall–Kier alpha value is -2.76. The number of nitrogens with zero attached hydrogens (tertiary/aromatic N) is 1. The number of aryl methyl sites for hydroxylation is 1. The van der Waals surface area contributed by atoms with Gasteiger partial charge in [-0.05, 0) is 41.8 Å². The molecule has 2 atom stereocenters. The van der Waals surface area contributed by atoms with Crippen LogP contribution >= 0.6 is 23.4 Å². The maximum absolute atomic E-state index is 12.6. The van der Waals surface area contributed by atoms with Crippen molar-refractivity contribution in [1.82, 2.24) is 0 Å². The Bertz CT molecular complexity index is 1070. The summed E-state index contributed by atoms with van der Waals surface area (Å²) in [6.45, 7) is 2.00. The zero-order chi connectivity index (χ0) is 21.1. The van der Waals surface area contributed by atoms with Crippen molar-refractivity contribution in [3.8, 4) is 0 Å². The van der Waals surface area contributed by atoms with E-state index in [4.69, 9.17) is 11.6 Å². The SMILES string of the molecule is Cc1ccccc1N1C(=O)CS[C@H]1c1cccc(NC(=O)[C@H](Cl)c2ccccc2)c1. The van der Waals surface area contributed by atoms with E-state index < -0.39 is 5.38 Å². The number of carbonyl (C=O) groups is 2. The van der Waals surface area contributed by atoms with Crippen LogP contribution in [0.1, 0.15) is 27.4 Å². The molecule has 0 radical (unpaired) electrons. The third kappa shape index (κ3) is 4.23. The molecule has 30 heavy (non-hydrogen) atoms. The first-order chi connectivity index (χ1) is 14.5. The number of carbonyl (C=O) groups excluding carboxylic acids is 2. The summed E-state index contributed by atoms with van der Waals surface area (Å²) in [5, 5.41) is 1.98. The van der Waals surface area contributed by atoms with Crippen LogP contribution in [0.5, 0.6) is 0 Å². The molecule has 3 aromatic rings.